The summed E-state index contributed by atoms with van der Waals surface area (Å²) < 4.78 is 11.4. The molecule has 0 atom stereocenters. The van der Waals surface area contributed by atoms with Gasteiger partial charge in [0.05, 0.1) is 12.0 Å². The van der Waals surface area contributed by atoms with Gasteiger partial charge in [-0.15, -0.1) is 12.4 Å². The van der Waals surface area contributed by atoms with Gasteiger partial charge in [0, 0.05) is 18.1 Å². The first-order valence-corrected chi connectivity index (χ1v) is 7.19. The first-order chi connectivity index (χ1) is 9.78. The molecular formula is C16H20ClNO3. The number of fused-ring (bicyclic) bond motifs is 1. The van der Waals surface area contributed by atoms with Gasteiger partial charge in [0.25, 0.3) is 0 Å². The fourth-order valence-electron chi connectivity index (χ4n) is 2.72. The van der Waals surface area contributed by atoms with Gasteiger partial charge in [0.2, 0.25) is 0 Å². The van der Waals surface area contributed by atoms with Gasteiger partial charge in [-0.3, -0.25) is 4.79 Å². The van der Waals surface area contributed by atoms with Crippen molar-refractivity contribution in [1.29, 1.82) is 0 Å². The molecule has 114 valence electrons. The van der Waals surface area contributed by atoms with Crippen LogP contribution in [-0.2, 0) is 0 Å². The maximum Gasteiger partial charge on any atom is 0.192 e. The van der Waals surface area contributed by atoms with Crippen molar-refractivity contribution >= 4 is 23.4 Å². The van der Waals surface area contributed by atoms with Crippen LogP contribution in [0.25, 0.3) is 11.0 Å². The molecule has 0 saturated carbocycles. The highest BCUT2D eigenvalue weighted by molar-refractivity contribution is 5.85. The minimum Gasteiger partial charge on any atom is -0.494 e. The molecule has 2 aromatic rings. The van der Waals surface area contributed by atoms with E-state index in [1.807, 2.05) is 19.1 Å². The molecule has 5 heteroatoms. The van der Waals surface area contributed by atoms with Crippen molar-refractivity contribution < 1.29 is 9.15 Å². The molecule has 1 fully saturated rings. The Balaban J connectivity index is 0.00000161. The lowest BCUT2D eigenvalue weighted by Crippen LogP contribution is -2.27. The minimum absolute atomic E-state index is 0. The number of benzene rings is 1. The van der Waals surface area contributed by atoms with Crippen molar-refractivity contribution in [2.24, 2.45) is 0 Å². The highest BCUT2D eigenvalue weighted by Gasteiger charge is 2.19. The van der Waals surface area contributed by atoms with Gasteiger partial charge in [-0.25, -0.2) is 0 Å². The molecular weight excluding hydrogens is 290 g/mol. The molecule has 1 saturated heterocycles. The molecule has 4 nitrogen and oxygen atoms in total. The van der Waals surface area contributed by atoms with Crippen LogP contribution in [0.15, 0.2) is 33.5 Å². The van der Waals surface area contributed by atoms with E-state index in [0.717, 1.165) is 37.4 Å². The Labute approximate surface area is 129 Å². The summed E-state index contributed by atoms with van der Waals surface area (Å²) in [4.78, 5) is 12.2. The predicted molar refractivity (Wildman–Crippen MR) is 85.7 cm³/mol. The second-order valence-corrected chi connectivity index (χ2v) is 5.13. The maximum absolute atomic E-state index is 12.2. The average Bonchev–Trinajstić information content (AvgIpc) is 2.48. The van der Waals surface area contributed by atoms with Crippen molar-refractivity contribution in [3.05, 3.63) is 40.2 Å². The summed E-state index contributed by atoms with van der Waals surface area (Å²) in [5.74, 6) is 1.88. The van der Waals surface area contributed by atoms with E-state index in [9.17, 15) is 4.79 Å². The zero-order valence-corrected chi connectivity index (χ0v) is 12.9. The lowest BCUT2D eigenvalue weighted by atomic mass is 9.95. The molecule has 0 spiro atoms. The molecule has 1 aromatic carbocycles. The minimum atomic E-state index is 0. The summed E-state index contributed by atoms with van der Waals surface area (Å²) >= 11 is 0. The lowest BCUT2D eigenvalue weighted by molar-refractivity contribution is 0.339. The van der Waals surface area contributed by atoms with Crippen LogP contribution in [0.2, 0.25) is 0 Å². The normalized spacial score (nSPS) is 15.7. The summed E-state index contributed by atoms with van der Waals surface area (Å²) in [6.07, 6.45) is 2.03. The number of halogens is 1. The Hall–Kier alpha value is -1.52. The average molecular weight is 310 g/mol. The summed E-state index contributed by atoms with van der Waals surface area (Å²) in [6, 6.07) is 7.05. The molecule has 2 heterocycles. The first-order valence-electron chi connectivity index (χ1n) is 7.19. The van der Waals surface area contributed by atoms with Crippen LogP contribution in [0.1, 0.15) is 31.4 Å². The van der Waals surface area contributed by atoms with E-state index in [1.54, 1.807) is 12.1 Å². The number of nitrogens with one attached hydrogen (secondary N) is 1. The third kappa shape index (κ3) is 3.39. The van der Waals surface area contributed by atoms with Crippen LogP contribution < -0.4 is 15.5 Å². The van der Waals surface area contributed by atoms with Crippen molar-refractivity contribution in [3.63, 3.8) is 0 Å². The number of rotatable bonds is 3. The summed E-state index contributed by atoms with van der Waals surface area (Å²) in [5.41, 5.74) is 0.653. The maximum atomic E-state index is 12.2. The largest absolute Gasteiger partial charge is 0.494 e. The zero-order valence-electron chi connectivity index (χ0n) is 12.1. The van der Waals surface area contributed by atoms with Crippen LogP contribution in [-0.4, -0.2) is 19.7 Å². The number of piperidine rings is 1. The topological polar surface area (TPSA) is 51.5 Å². The van der Waals surface area contributed by atoms with Gasteiger partial charge in [0.1, 0.15) is 17.1 Å². The number of ether oxygens (including phenoxy) is 1. The summed E-state index contributed by atoms with van der Waals surface area (Å²) in [5, 5.41) is 3.94. The van der Waals surface area contributed by atoms with Gasteiger partial charge in [-0.05, 0) is 45.0 Å². The standard InChI is InChI=1S/C16H19NO3.ClH/c1-2-19-12-3-4-13-14(18)10-15(20-16(13)9-12)11-5-7-17-8-6-11;/h3-4,9-11,17H,2,5-8H2,1H3;1H. The number of hydrogen-bond acceptors (Lipinski definition) is 4. The zero-order chi connectivity index (χ0) is 13.9. The van der Waals surface area contributed by atoms with Crippen molar-refractivity contribution in [1.82, 2.24) is 5.32 Å². The van der Waals surface area contributed by atoms with E-state index >= 15 is 0 Å². The van der Waals surface area contributed by atoms with Gasteiger partial charge in [-0.1, -0.05) is 0 Å². The van der Waals surface area contributed by atoms with Crippen LogP contribution in [0.4, 0.5) is 0 Å². The van der Waals surface area contributed by atoms with Crippen molar-refractivity contribution in [2.45, 2.75) is 25.7 Å². The number of hydrogen-bond donors (Lipinski definition) is 1. The van der Waals surface area contributed by atoms with E-state index in [2.05, 4.69) is 5.32 Å². The van der Waals surface area contributed by atoms with Gasteiger partial charge in [-0.2, -0.15) is 0 Å². The quantitative estimate of drug-likeness (QED) is 0.946. The van der Waals surface area contributed by atoms with Crippen molar-refractivity contribution in [2.75, 3.05) is 19.7 Å². The first kappa shape index (κ1) is 15.9. The van der Waals surface area contributed by atoms with E-state index < -0.39 is 0 Å². The Morgan fingerprint density at radius 1 is 1.29 bits per heavy atom. The molecule has 1 aromatic heterocycles. The third-order valence-corrected chi connectivity index (χ3v) is 3.77. The van der Waals surface area contributed by atoms with Gasteiger partial charge in [0.15, 0.2) is 5.43 Å². The molecule has 1 N–H and O–H groups in total. The van der Waals surface area contributed by atoms with Gasteiger partial charge < -0.3 is 14.5 Å². The van der Waals surface area contributed by atoms with Crippen LogP contribution >= 0.6 is 12.4 Å². The molecule has 1 aliphatic heterocycles. The molecule has 1 aliphatic rings. The second kappa shape index (κ2) is 6.96. The molecule has 0 bridgehead atoms. The fraction of sp³-hybridized carbons (Fsp3) is 0.438. The monoisotopic (exact) mass is 309 g/mol. The molecule has 3 rings (SSSR count). The third-order valence-electron chi connectivity index (χ3n) is 3.77. The van der Waals surface area contributed by atoms with Gasteiger partial charge >= 0.3 is 0 Å². The van der Waals surface area contributed by atoms with Crippen LogP contribution in [0.3, 0.4) is 0 Å². The molecule has 0 aliphatic carbocycles. The van der Waals surface area contributed by atoms with Crippen LogP contribution in [0, 0.1) is 0 Å². The van der Waals surface area contributed by atoms with E-state index in [0.29, 0.717) is 23.5 Å². The van der Waals surface area contributed by atoms with Crippen LogP contribution in [0.5, 0.6) is 5.75 Å². The Bertz CT molecular complexity index is 662. The molecule has 0 unspecified atom stereocenters. The molecule has 0 amide bonds. The van der Waals surface area contributed by atoms with Crippen molar-refractivity contribution in [3.8, 4) is 5.75 Å². The Kier molecular flexibility index (Phi) is 5.26. The highest BCUT2D eigenvalue weighted by atomic mass is 35.5. The SMILES string of the molecule is CCOc1ccc2c(=O)cc(C3CCNCC3)oc2c1.Cl. The second-order valence-electron chi connectivity index (χ2n) is 5.13. The summed E-state index contributed by atoms with van der Waals surface area (Å²) in [7, 11) is 0. The molecule has 21 heavy (non-hydrogen) atoms. The predicted octanol–water partition coefficient (Wildman–Crippen LogP) is 3.08. The summed E-state index contributed by atoms with van der Waals surface area (Å²) in [6.45, 7) is 4.49. The molecule has 0 radical (unpaired) electrons. The van der Waals surface area contributed by atoms with E-state index in [1.165, 1.54) is 0 Å². The van der Waals surface area contributed by atoms with E-state index in [-0.39, 0.29) is 17.8 Å². The van der Waals surface area contributed by atoms with E-state index in [4.69, 9.17) is 9.15 Å². The highest BCUT2D eigenvalue weighted by Crippen LogP contribution is 2.27. The Morgan fingerprint density at radius 3 is 2.76 bits per heavy atom. The smallest absolute Gasteiger partial charge is 0.192 e. The fourth-order valence-corrected chi connectivity index (χ4v) is 2.72. The Morgan fingerprint density at radius 2 is 2.05 bits per heavy atom. The lowest BCUT2D eigenvalue weighted by Gasteiger charge is -2.21.